The van der Waals surface area contributed by atoms with Crippen LogP contribution in [-0.4, -0.2) is 53.3 Å². The van der Waals surface area contributed by atoms with Gasteiger partial charge in [-0.25, -0.2) is 4.98 Å². The van der Waals surface area contributed by atoms with Crippen molar-refractivity contribution in [3.05, 3.63) is 59.8 Å². The number of methoxy groups -OCH3 is 1. The molecule has 0 N–H and O–H groups in total. The molecule has 1 aromatic carbocycles. The second-order valence-corrected chi connectivity index (χ2v) is 5.98. The zero-order valence-corrected chi connectivity index (χ0v) is 14.4. The number of piperazine rings is 1. The number of aromatic nitrogens is 1. The topological polar surface area (TPSA) is 62.7 Å². The predicted octanol–water partition coefficient (Wildman–Crippen LogP) is 2.14. The van der Waals surface area contributed by atoms with Gasteiger partial charge in [-0.3, -0.25) is 9.59 Å². The maximum absolute atomic E-state index is 12.8. The second kappa shape index (κ2) is 7.34. The molecular formula is C19H21N3O3. The standard InChI is InChI=1S/C19H21N3O3/c1-14(23)22-11-10-21(13-17(22)15-6-4-3-5-7-15)19(24)16-8-9-18(25-2)20-12-16/h3-9,12,17H,10-11,13H2,1-2H3/t17-/m0/s1. The molecule has 3 rings (SSSR count). The minimum Gasteiger partial charge on any atom is -0.481 e. The lowest BCUT2D eigenvalue weighted by atomic mass is 10.0. The maximum atomic E-state index is 12.8. The molecule has 1 aromatic heterocycles. The van der Waals surface area contributed by atoms with Crippen LogP contribution in [0.5, 0.6) is 5.88 Å². The molecule has 6 nitrogen and oxygen atoms in total. The molecule has 2 heterocycles. The summed E-state index contributed by atoms with van der Waals surface area (Å²) in [6, 6.07) is 13.1. The van der Waals surface area contributed by atoms with Gasteiger partial charge in [0.25, 0.3) is 5.91 Å². The van der Waals surface area contributed by atoms with Gasteiger partial charge >= 0.3 is 0 Å². The van der Waals surface area contributed by atoms with Gasteiger partial charge in [0.05, 0.1) is 18.7 Å². The van der Waals surface area contributed by atoms with Crippen molar-refractivity contribution >= 4 is 11.8 Å². The number of hydrogen-bond donors (Lipinski definition) is 0. The summed E-state index contributed by atoms with van der Waals surface area (Å²) in [6.07, 6.45) is 1.52. The van der Waals surface area contributed by atoms with E-state index in [2.05, 4.69) is 4.98 Å². The Kier molecular flexibility index (Phi) is 4.97. The third-order valence-corrected chi connectivity index (χ3v) is 4.45. The number of pyridine rings is 1. The zero-order valence-electron chi connectivity index (χ0n) is 14.4. The van der Waals surface area contributed by atoms with Crippen LogP contribution in [0.25, 0.3) is 0 Å². The van der Waals surface area contributed by atoms with Gasteiger partial charge in [0.1, 0.15) is 0 Å². The number of carbonyl (C=O) groups is 2. The van der Waals surface area contributed by atoms with Crippen molar-refractivity contribution in [3.63, 3.8) is 0 Å². The molecule has 1 saturated heterocycles. The Hall–Kier alpha value is -2.89. The number of ether oxygens (including phenoxy) is 1. The van der Waals surface area contributed by atoms with Crippen LogP contribution >= 0.6 is 0 Å². The molecule has 130 valence electrons. The molecule has 0 unspecified atom stereocenters. The lowest BCUT2D eigenvalue weighted by Gasteiger charge is -2.41. The summed E-state index contributed by atoms with van der Waals surface area (Å²) in [7, 11) is 1.54. The molecule has 6 heteroatoms. The van der Waals surface area contributed by atoms with Gasteiger partial charge in [-0.05, 0) is 11.6 Å². The number of rotatable bonds is 3. The Bertz CT molecular complexity index is 746. The van der Waals surface area contributed by atoms with E-state index in [0.29, 0.717) is 31.1 Å². The molecule has 0 bridgehead atoms. The van der Waals surface area contributed by atoms with Gasteiger partial charge in [-0.1, -0.05) is 30.3 Å². The fraction of sp³-hybridized carbons (Fsp3) is 0.316. The van der Waals surface area contributed by atoms with Crippen molar-refractivity contribution in [1.29, 1.82) is 0 Å². The molecule has 0 aliphatic carbocycles. The normalized spacial score (nSPS) is 17.3. The maximum Gasteiger partial charge on any atom is 0.255 e. The molecule has 2 aromatic rings. The fourth-order valence-electron chi connectivity index (χ4n) is 3.11. The Balaban J connectivity index is 1.81. The molecule has 1 aliphatic rings. The molecule has 1 fully saturated rings. The second-order valence-electron chi connectivity index (χ2n) is 5.98. The van der Waals surface area contributed by atoms with E-state index < -0.39 is 0 Å². The van der Waals surface area contributed by atoms with Crippen molar-refractivity contribution in [2.45, 2.75) is 13.0 Å². The van der Waals surface area contributed by atoms with Gasteiger partial charge in [0.15, 0.2) is 0 Å². The Morgan fingerprint density at radius 3 is 2.48 bits per heavy atom. The summed E-state index contributed by atoms with van der Waals surface area (Å²) in [5.41, 5.74) is 1.55. The van der Waals surface area contributed by atoms with Crippen LogP contribution < -0.4 is 4.74 Å². The highest BCUT2D eigenvalue weighted by atomic mass is 16.5. The first kappa shape index (κ1) is 17.0. The van der Waals surface area contributed by atoms with E-state index in [9.17, 15) is 9.59 Å². The first-order valence-electron chi connectivity index (χ1n) is 8.21. The highest BCUT2D eigenvalue weighted by Crippen LogP contribution is 2.26. The SMILES string of the molecule is COc1ccc(C(=O)N2CCN(C(C)=O)[C@H](c3ccccc3)C2)cn1. The van der Waals surface area contributed by atoms with Gasteiger partial charge in [-0.15, -0.1) is 0 Å². The largest absolute Gasteiger partial charge is 0.481 e. The number of amides is 2. The van der Waals surface area contributed by atoms with Gasteiger partial charge in [0.2, 0.25) is 11.8 Å². The summed E-state index contributed by atoms with van der Waals surface area (Å²) in [4.78, 5) is 32.5. The van der Waals surface area contributed by atoms with E-state index in [1.165, 1.54) is 13.3 Å². The lowest BCUT2D eigenvalue weighted by molar-refractivity contribution is -0.133. The minimum atomic E-state index is -0.136. The molecule has 25 heavy (non-hydrogen) atoms. The summed E-state index contributed by atoms with van der Waals surface area (Å²) in [5.74, 6) is 0.409. The fourth-order valence-corrected chi connectivity index (χ4v) is 3.11. The predicted molar refractivity (Wildman–Crippen MR) is 93.3 cm³/mol. The lowest BCUT2D eigenvalue weighted by Crippen LogP contribution is -2.51. The van der Waals surface area contributed by atoms with Crippen LogP contribution in [0, 0.1) is 0 Å². The van der Waals surface area contributed by atoms with Gasteiger partial charge < -0.3 is 14.5 Å². The van der Waals surface area contributed by atoms with Crippen LogP contribution in [0.15, 0.2) is 48.7 Å². The van der Waals surface area contributed by atoms with Crippen molar-refractivity contribution in [2.24, 2.45) is 0 Å². The van der Waals surface area contributed by atoms with Gasteiger partial charge in [-0.2, -0.15) is 0 Å². The average molecular weight is 339 g/mol. The van der Waals surface area contributed by atoms with E-state index in [1.807, 2.05) is 35.2 Å². The summed E-state index contributed by atoms with van der Waals surface area (Å²) in [5, 5.41) is 0. The van der Waals surface area contributed by atoms with Crippen LogP contribution in [0.3, 0.4) is 0 Å². The average Bonchev–Trinajstić information content (AvgIpc) is 2.67. The first-order valence-corrected chi connectivity index (χ1v) is 8.21. The number of carbonyl (C=O) groups excluding carboxylic acids is 2. The van der Waals surface area contributed by atoms with Crippen molar-refractivity contribution in [2.75, 3.05) is 26.7 Å². The minimum absolute atomic E-state index is 0.0204. The molecular weight excluding hydrogens is 318 g/mol. The molecule has 2 amide bonds. The van der Waals surface area contributed by atoms with Gasteiger partial charge in [0, 0.05) is 38.8 Å². The zero-order chi connectivity index (χ0) is 17.8. The Morgan fingerprint density at radius 1 is 1.12 bits per heavy atom. The highest BCUT2D eigenvalue weighted by molar-refractivity contribution is 5.94. The van der Waals surface area contributed by atoms with Crippen LogP contribution in [0.2, 0.25) is 0 Å². The molecule has 1 aliphatic heterocycles. The van der Waals surface area contributed by atoms with E-state index in [0.717, 1.165) is 5.56 Å². The van der Waals surface area contributed by atoms with E-state index in [4.69, 9.17) is 4.74 Å². The summed E-state index contributed by atoms with van der Waals surface area (Å²) >= 11 is 0. The van der Waals surface area contributed by atoms with Crippen LogP contribution in [0.1, 0.15) is 28.9 Å². The van der Waals surface area contributed by atoms with Crippen molar-refractivity contribution in [3.8, 4) is 5.88 Å². The Labute approximate surface area is 147 Å². The molecule has 0 saturated carbocycles. The highest BCUT2D eigenvalue weighted by Gasteiger charge is 2.32. The van der Waals surface area contributed by atoms with E-state index in [-0.39, 0.29) is 17.9 Å². The smallest absolute Gasteiger partial charge is 0.255 e. The summed E-state index contributed by atoms with van der Waals surface area (Å²) < 4.78 is 5.03. The Morgan fingerprint density at radius 2 is 1.88 bits per heavy atom. The third-order valence-electron chi connectivity index (χ3n) is 4.45. The monoisotopic (exact) mass is 339 g/mol. The number of nitrogens with zero attached hydrogens (tertiary/aromatic N) is 3. The number of hydrogen-bond acceptors (Lipinski definition) is 4. The molecule has 0 spiro atoms. The third kappa shape index (κ3) is 3.63. The van der Waals surface area contributed by atoms with Crippen molar-refractivity contribution < 1.29 is 14.3 Å². The first-order chi connectivity index (χ1) is 12.1. The van der Waals surface area contributed by atoms with Crippen LogP contribution in [0.4, 0.5) is 0 Å². The number of benzene rings is 1. The quantitative estimate of drug-likeness (QED) is 0.859. The van der Waals surface area contributed by atoms with Crippen molar-refractivity contribution in [1.82, 2.24) is 14.8 Å². The van der Waals surface area contributed by atoms with E-state index >= 15 is 0 Å². The van der Waals surface area contributed by atoms with Crippen LogP contribution in [-0.2, 0) is 4.79 Å². The summed E-state index contributed by atoms with van der Waals surface area (Å²) in [6.45, 7) is 3.06. The molecule has 0 radical (unpaired) electrons. The van der Waals surface area contributed by atoms with E-state index in [1.54, 1.807) is 24.0 Å². The molecule has 1 atom stereocenters.